The van der Waals surface area contributed by atoms with E-state index >= 15 is 0 Å². The van der Waals surface area contributed by atoms with Gasteiger partial charge in [-0.25, -0.2) is 13.1 Å². The molecule has 1 saturated heterocycles. The molecule has 1 aliphatic rings. The molecule has 1 heterocycles. The maximum Gasteiger partial charge on any atom is 0.255 e. The van der Waals surface area contributed by atoms with Crippen molar-refractivity contribution in [2.75, 3.05) is 38.7 Å². The van der Waals surface area contributed by atoms with Gasteiger partial charge in [0.2, 0.25) is 10.0 Å². The average Bonchev–Trinajstić information content (AvgIpc) is 2.79. The summed E-state index contributed by atoms with van der Waals surface area (Å²) in [6.07, 6.45) is 1.91. The maximum atomic E-state index is 13.0. The van der Waals surface area contributed by atoms with E-state index in [1.54, 1.807) is 38.3 Å². The quantitative estimate of drug-likeness (QED) is 0.581. The lowest BCUT2D eigenvalue weighted by Crippen LogP contribution is -2.44. The van der Waals surface area contributed by atoms with Crippen molar-refractivity contribution in [2.45, 2.75) is 44.6 Å². The van der Waals surface area contributed by atoms with E-state index in [0.717, 1.165) is 38.0 Å². The Kier molecular flexibility index (Phi) is 8.64. The number of carbonyl (C=O) groups is 1. The molecule has 7 nitrogen and oxygen atoms in total. The van der Waals surface area contributed by atoms with Gasteiger partial charge in [0.1, 0.15) is 0 Å². The van der Waals surface area contributed by atoms with Gasteiger partial charge >= 0.3 is 0 Å². The maximum absolute atomic E-state index is 13.0. The third kappa shape index (κ3) is 6.63. The highest BCUT2D eigenvalue weighted by Gasteiger charge is 2.27. The summed E-state index contributed by atoms with van der Waals surface area (Å²) >= 11 is 0. The van der Waals surface area contributed by atoms with Gasteiger partial charge in [0, 0.05) is 30.9 Å². The molecule has 1 atom stereocenters. The molecular weight excluding hydrogens is 438 g/mol. The summed E-state index contributed by atoms with van der Waals surface area (Å²) in [7, 11) is -1.96. The first-order chi connectivity index (χ1) is 15.7. The van der Waals surface area contributed by atoms with Crippen molar-refractivity contribution in [1.29, 1.82) is 0 Å². The van der Waals surface area contributed by atoms with Gasteiger partial charge in [0.25, 0.3) is 5.91 Å². The summed E-state index contributed by atoms with van der Waals surface area (Å²) < 4.78 is 34.0. The number of hydrogen-bond acceptors (Lipinski definition) is 5. The van der Waals surface area contributed by atoms with Gasteiger partial charge in [0.05, 0.1) is 11.5 Å². The Labute approximate surface area is 197 Å². The minimum absolute atomic E-state index is 0.152. The molecule has 1 amide bonds. The van der Waals surface area contributed by atoms with Crippen molar-refractivity contribution in [3.63, 3.8) is 0 Å². The number of amides is 1. The number of aryl methyl sites for hydroxylation is 2. The molecule has 0 radical (unpaired) electrons. The van der Waals surface area contributed by atoms with Crippen LogP contribution in [0.15, 0.2) is 47.4 Å². The lowest BCUT2D eigenvalue weighted by molar-refractivity contribution is 0.102. The van der Waals surface area contributed by atoms with Crippen LogP contribution in [0.5, 0.6) is 0 Å². The summed E-state index contributed by atoms with van der Waals surface area (Å²) in [5.41, 5.74) is 2.77. The van der Waals surface area contributed by atoms with Crippen LogP contribution in [0, 0.1) is 19.8 Å². The van der Waals surface area contributed by atoms with Gasteiger partial charge in [-0.3, -0.25) is 4.79 Å². The van der Waals surface area contributed by atoms with Crippen molar-refractivity contribution in [1.82, 2.24) is 9.62 Å². The first kappa shape index (κ1) is 25.4. The zero-order valence-electron chi connectivity index (χ0n) is 19.9. The Balaban J connectivity index is 1.62. The van der Waals surface area contributed by atoms with Crippen LogP contribution in [0.2, 0.25) is 0 Å². The number of benzene rings is 2. The Bertz CT molecular complexity index is 1060. The lowest BCUT2D eigenvalue weighted by atomic mass is 9.91. The fourth-order valence-corrected chi connectivity index (χ4v) is 5.66. The van der Waals surface area contributed by atoms with E-state index < -0.39 is 10.0 Å². The van der Waals surface area contributed by atoms with E-state index in [0.29, 0.717) is 29.3 Å². The van der Waals surface area contributed by atoms with Crippen molar-refractivity contribution in [3.8, 4) is 0 Å². The summed E-state index contributed by atoms with van der Waals surface area (Å²) in [6, 6.07) is 12.0. The minimum Gasteiger partial charge on any atom is -0.383 e. The second kappa shape index (κ2) is 11.2. The predicted molar refractivity (Wildman–Crippen MR) is 131 cm³/mol. The molecule has 8 heteroatoms. The Morgan fingerprint density at radius 3 is 2.45 bits per heavy atom. The molecule has 0 aromatic heterocycles. The van der Waals surface area contributed by atoms with E-state index in [-0.39, 0.29) is 16.8 Å². The molecule has 2 N–H and O–H groups in total. The molecule has 0 aliphatic carbocycles. The number of methoxy groups -OCH3 is 1. The van der Waals surface area contributed by atoms with Crippen LogP contribution >= 0.6 is 0 Å². The molecule has 180 valence electrons. The standard InChI is InChI=1S/C25H35N3O4S/c1-18-7-5-6-8-23(18)25(29)26-24-10-9-22(17-19(24)2)33(30,31)27-20(3)21-11-13-28(14-12-21)15-16-32-4/h5-10,17,20-21,27H,11-16H2,1-4H3,(H,26,29)/t20-/m1/s1. The van der Waals surface area contributed by atoms with E-state index in [1.807, 2.05) is 32.0 Å². The number of piperidine rings is 1. The minimum atomic E-state index is -3.66. The molecule has 0 bridgehead atoms. The number of sulfonamides is 1. The number of nitrogens with one attached hydrogen (secondary N) is 2. The molecule has 0 saturated carbocycles. The topological polar surface area (TPSA) is 87.7 Å². The van der Waals surface area contributed by atoms with Crippen LogP contribution in [0.25, 0.3) is 0 Å². The smallest absolute Gasteiger partial charge is 0.255 e. The highest BCUT2D eigenvalue weighted by molar-refractivity contribution is 7.89. The molecule has 3 rings (SSSR count). The summed E-state index contributed by atoms with van der Waals surface area (Å²) in [5.74, 6) is 0.0859. The first-order valence-electron chi connectivity index (χ1n) is 11.4. The Morgan fingerprint density at radius 1 is 1.12 bits per heavy atom. The number of hydrogen-bond donors (Lipinski definition) is 2. The molecule has 33 heavy (non-hydrogen) atoms. The highest BCUT2D eigenvalue weighted by Crippen LogP contribution is 2.24. The van der Waals surface area contributed by atoms with Crippen LogP contribution in [0.3, 0.4) is 0 Å². The summed E-state index contributed by atoms with van der Waals surface area (Å²) in [5, 5.41) is 2.89. The van der Waals surface area contributed by atoms with Crippen molar-refractivity contribution in [2.24, 2.45) is 5.92 Å². The fraction of sp³-hybridized carbons (Fsp3) is 0.480. The van der Waals surface area contributed by atoms with E-state index in [2.05, 4.69) is 14.9 Å². The number of rotatable bonds is 9. The third-order valence-electron chi connectivity index (χ3n) is 6.44. The fourth-order valence-electron chi connectivity index (χ4n) is 4.27. The lowest BCUT2D eigenvalue weighted by Gasteiger charge is -2.34. The van der Waals surface area contributed by atoms with Crippen LogP contribution in [-0.4, -0.2) is 58.6 Å². The van der Waals surface area contributed by atoms with Gasteiger partial charge in [-0.05, 0) is 88.0 Å². The number of nitrogens with zero attached hydrogens (tertiary/aromatic N) is 1. The molecule has 1 aliphatic heterocycles. The second-order valence-electron chi connectivity index (χ2n) is 8.83. The monoisotopic (exact) mass is 473 g/mol. The van der Waals surface area contributed by atoms with Gasteiger partial charge in [-0.1, -0.05) is 18.2 Å². The third-order valence-corrected chi connectivity index (χ3v) is 7.99. The van der Waals surface area contributed by atoms with Gasteiger partial charge in [-0.15, -0.1) is 0 Å². The zero-order valence-corrected chi connectivity index (χ0v) is 20.7. The largest absolute Gasteiger partial charge is 0.383 e. The van der Waals surface area contributed by atoms with Crippen molar-refractivity contribution >= 4 is 21.6 Å². The van der Waals surface area contributed by atoms with Crippen molar-refractivity contribution in [3.05, 3.63) is 59.2 Å². The average molecular weight is 474 g/mol. The Hall–Kier alpha value is -2.26. The van der Waals surface area contributed by atoms with Crippen LogP contribution in [0.1, 0.15) is 41.3 Å². The van der Waals surface area contributed by atoms with Crippen LogP contribution < -0.4 is 10.0 Å². The number of anilines is 1. The normalized spacial score (nSPS) is 16.5. The van der Waals surface area contributed by atoms with E-state index in [1.165, 1.54) is 0 Å². The predicted octanol–water partition coefficient (Wildman–Crippen LogP) is 3.58. The number of ether oxygens (including phenoxy) is 1. The van der Waals surface area contributed by atoms with E-state index in [9.17, 15) is 13.2 Å². The molecule has 0 unspecified atom stereocenters. The highest BCUT2D eigenvalue weighted by atomic mass is 32.2. The van der Waals surface area contributed by atoms with Crippen molar-refractivity contribution < 1.29 is 17.9 Å². The summed E-state index contributed by atoms with van der Waals surface area (Å²) in [6.45, 7) is 9.15. The molecule has 2 aromatic carbocycles. The number of carbonyl (C=O) groups excluding carboxylic acids is 1. The van der Waals surface area contributed by atoms with Gasteiger partial charge in [0.15, 0.2) is 0 Å². The Morgan fingerprint density at radius 2 is 1.82 bits per heavy atom. The van der Waals surface area contributed by atoms with Gasteiger partial charge < -0.3 is 15.0 Å². The zero-order chi connectivity index (χ0) is 24.0. The summed E-state index contributed by atoms with van der Waals surface area (Å²) in [4.78, 5) is 15.2. The molecule has 1 fully saturated rings. The SMILES string of the molecule is COCCN1CCC([C@@H](C)NS(=O)(=O)c2ccc(NC(=O)c3ccccc3C)c(C)c2)CC1. The number of likely N-dealkylation sites (tertiary alicyclic amines) is 1. The first-order valence-corrected chi connectivity index (χ1v) is 12.9. The van der Waals surface area contributed by atoms with Gasteiger partial charge in [-0.2, -0.15) is 0 Å². The molecule has 0 spiro atoms. The van der Waals surface area contributed by atoms with Crippen LogP contribution in [0.4, 0.5) is 5.69 Å². The van der Waals surface area contributed by atoms with E-state index in [4.69, 9.17) is 4.74 Å². The van der Waals surface area contributed by atoms with Crippen LogP contribution in [-0.2, 0) is 14.8 Å². The molecular formula is C25H35N3O4S. The molecule has 2 aromatic rings. The second-order valence-corrected chi connectivity index (χ2v) is 10.5.